The molecule has 0 aliphatic heterocycles. The molecular formula is C21H20F4N2O3. The number of ether oxygens (including phenoxy) is 2. The molecule has 0 saturated heterocycles. The van der Waals surface area contributed by atoms with E-state index in [2.05, 4.69) is 10.3 Å². The van der Waals surface area contributed by atoms with Gasteiger partial charge in [0, 0.05) is 23.2 Å². The summed E-state index contributed by atoms with van der Waals surface area (Å²) in [4.78, 5) is 15.2. The molecule has 0 aliphatic rings. The van der Waals surface area contributed by atoms with Gasteiger partial charge in [-0.1, -0.05) is 0 Å². The summed E-state index contributed by atoms with van der Waals surface area (Å²) in [6.07, 6.45) is -4.43. The third-order valence-corrected chi connectivity index (χ3v) is 4.81. The van der Waals surface area contributed by atoms with Crippen molar-refractivity contribution in [1.82, 2.24) is 10.3 Å². The number of carbonyl (C=O) groups is 1. The van der Waals surface area contributed by atoms with Crippen LogP contribution in [-0.4, -0.2) is 31.7 Å². The molecule has 3 aromatic rings. The second-order valence-corrected chi connectivity index (χ2v) is 6.68. The first-order chi connectivity index (χ1) is 14.2. The number of aryl methyl sites for hydroxylation is 1. The van der Waals surface area contributed by atoms with Gasteiger partial charge in [-0.15, -0.1) is 0 Å². The Morgan fingerprint density at radius 1 is 1.10 bits per heavy atom. The van der Waals surface area contributed by atoms with Crippen molar-refractivity contribution in [3.8, 4) is 11.5 Å². The van der Waals surface area contributed by atoms with Crippen molar-refractivity contribution in [3.05, 3.63) is 58.5 Å². The zero-order valence-corrected chi connectivity index (χ0v) is 16.5. The molecule has 0 radical (unpaired) electrons. The first-order valence-electron chi connectivity index (χ1n) is 9.03. The van der Waals surface area contributed by atoms with Crippen LogP contribution in [0.1, 0.15) is 27.2 Å². The molecule has 1 amide bonds. The average Bonchev–Trinajstić information content (AvgIpc) is 3.02. The van der Waals surface area contributed by atoms with E-state index in [1.165, 1.54) is 20.3 Å². The van der Waals surface area contributed by atoms with Crippen LogP contribution in [0.2, 0.25) is 0 Å². The quantitative estimate of drug-likeness (QED) is 0.568. The van der Waals surface area contributed by atoms with E-state index in [4.69, 9.17) is 9.47 Å². The minimum Gasteiger partial charge on any atom is -0.493 e. The lowest BCUT2D eigenvalue weighted by Crippen LogP contribution is -2.25. The Morgan fingerprint density at radius 3 is 2.43 bits per heavy atom. The number of aromatic nitrogens is 1. The van der Waals surface area contributed by atoms with Crippen LogP contribution in [0.15, 0.2) is 30.3 Å². The molecule has 0 saturated carbocycles. The third-order valence-electron chi connectivity index (χ3n) is 4.81. The van der Waals surface area contributed by atoms with Gasteiger partial charge in [0.25, 0.3) is 5.91 Å². The van der Waals surface area contributed by atoms with E-state index in [-0.39, 0.29) is 29.8 Å². The lowest BCUT2D eigenvalue weighted by Gasteiger charge is -2.10. The number of carbonyl (C=O) groups excluding carboxylic acids is 1. The maximum absolute atomic E-state index is 14.2. The van der Waals surface area contributed by atoms with Crippen LogP contribution >= 0.6 is 0 Å². The second-order valence-electron chi connectivity index (χ2n) is 6.68. The van der Waals surface area contributed by atoms with Crippen molar-refractivity contribution < 1.29 is 31.8 Å². The van der Waals surface area contributed by atoms with Crippen LogP contribution in [0, 0.1) is 12.7 Å². The zero-order chi connectivity index (χ0) is 22.1. The molecule has 5 nitrogen and oxygen atoms in total. The highest BCUT2D eigenvalue weighted by Crippen LogP contribution is 2.34. The second kappa shape index (κ2) is 8.25. The van der Waals surface area contributed by atoms with Crippen molar-refractivity contribution in [2.24, 2.45) is 0 Å². The number of halogens is 4. The number of hydrogen-bond acceptors (Lipinski definition) is 3. The van der Waals surface area contributed by atoms with Crippen molar-refractivity contribution in [2.45, 2.75) is 19.5 Å². The summed E-state index contributed by atoms with van der Waals surface area (Å²) in [5.74, 6) is -0.474. The molecular weight excluding hydrogens is 404 g/mol. The van der Waals surface area contributed by atoms with E-state index in [1.54, 1.807) is 19.1 Å². The standard InChI is InChI=1S/C21H20F4N2O3/c1-11-14(15-9-13(21(23,24)25)10-16(22)19(15)27-11)6-7-26-20(28)12-4-5-17(29-2)18(8-12)30-3/h4-5,8-10,27H,6-7H2,1-3H3,(H,26,28). The number of methoxy groups -OCH3 is 2. The molecule has 2 N–H and O–H groups in total. The van der Waals surface area contributed by atoms with Crippen LogP contribution in [-0.2, 0) is 12.6 Å². The summed E-state index contributed by atoms with van der Waals surface area (Å²) in [5, 5.41) is 2.87. The summed E-state index contributed by atoms with van der Waals surface area (Å²) in [6.45, 7) is 1.80. The molecule has 160 valence electrons. The molecule has 3 rings (SSSR count). The van der Waals surface area contributed by atoms with Gasteiger partial charge in [0.05, 0.1) is 25.3 Å². The Balaban J connectivity index is 1.78. The first kappa shape index (κ1) is 21.5. The molecule has 30 heavy (non-hydrogen) atoms. The first-order valence-corrected chi connectivity index (χ1v) is 9.03. The van der Waals surface area contributed by atoms with Crippen molar-refractivity contribution in [2.75, 3.05) is 20.8 Å². The highest BCUT2D eigenvalue weighted by Gasteiger charge is 2.32. The minimum atomic E-state index is -4.65. The maximum Gasteiger partial charge on any atom is 0.416 e. The van der Waals surface area contributed by atoms with Crippen LogP contribution in [0.3, 0.4) is 0 Å². The van der Waals surface area contributed by atoms with E-state index in [0.29, 0.717) is 34.4 Å². The number of aromatic amines is 1. The molecule has 1 heterocycles. The monoisotopic (exact) mass is 424 g/mol. The van der Waals surface area contributed by atoms with E-state index in [0.717, 1.165) is 6.07 Å². The predicted octanol–water partition coefficient (Wildman–Crippen LogP) is 4.62. The minimum absolute atomic E-state index is 0.0155. The Labute approximate surface area is 170 Å². The van der Waals surface area contributed by atoms with Crippen LogP contribution < -0.4 is 14.8 Å². The molecule has 0 spiro atoms. The lowest BCUT2D eigenvalue weighted by molar-refractivity contribution is -0.137. The summed E-state index contributed by atoms with van der Waals surface area (Å²) in [7, 11) is 2.93. The van der Waals surface area contributed by atoms with Gasteiger partial charge in [-0.05, 0) is 49.2 Å². The fourth-order valence-corrected chi connectivity index (χ4v) is 3.30. The van der Waals surface area contributed by atoms with Gasteiger partial charge in [-0.3, -0.25) is 4.79 Å². The van der Waals surface area contributed by atoms with E-state index in [1.807, 2.05) is 0 Å². The normalized spacial score (nSPS) is 11.6. The zero-order valence-electron chi connectivity index (χ0n) is 16.5. The summed E-state index contributed by atoms with van der Waals surface area (Å²) < 4.78 is 63.6. The predicted molar refractivity (Wildman–Crippen MR) is 104 cm³/mol. The Kier molecular flexibility index (Phi) is 5.91. The summed E-state index contributed by atoms with van der Waals surface area (Å²) in [6, 6.07) is 6.09. The van der Waals surface area contributed by atoms with Gasteiger partial charge in [0.15, 0.2) is 11.5 Å². The number of benzene rings is 2. The molecule has 9 heteroatoms. The average molecular weight is 424 g/mol. The van der Waals surface area contributed by atoms with Crippen molar-refractivity contribution >= 4 is 16.8 Å². The Bertz CT molecular complexity index is 1090. The molecule has 2 aromatic carbocycles. The van der Waals surface area contributed by atoms with Gasteiger partial charge in [-0.2, -0.15) is 13.2 Å². The fraction of sp³-hybridized carbons (Fsp3) is 0.286. The van der Waals surface area contributed by atoms with Crippen LogP contribution in [0.25, 0.3) is 10.9 Å². The van der Waals surface area contributed by atoms with E-state index < -0.39 is 17.6 Å². The Hall–Kier alpha value is -3.23. The van der Waals surface area contributed by atoms with Crippen LogP contribution in [0.4, 0.5) is 17.6 Å². The largest absolute Gasteiger partial charge is 0.493 e. The highest BCUT2D eigenvalue weighted by molar-refractivity contribution is 5.95. The van der Waals surface area contributed by atoms with E-state index in [9.17, 15) is 22.4 Å². The van der Waals surface area contributed by atoms with Gasteiger partial charge in [0.1, 0.15) is 5.82 Å². The molecule has 1 aromatic heterocycles. The van der Waals surface area contributed by atoms with Crippen LogP contribution in [0.5, 0.6) is 11.5 Å². The van der Waals surface area contributed by atoms with Gasteiger partial charge < -0.3 is 19.8 Å². The van der Waals surface area contributed by atoms with Gasteiger partial charge >= 0.3 is 6.18 Å². The number of nitrogens with one attached hydrogen (secondary N) is 2. The van der Waals surface area contributed by atoms with E-state index >= 15 is 0 Å². The lowest BCUT2D eigenvalue weighted by atomic mass is 10.0. The van der Waals surface area contributed by atoms with Gasteiger partial charge in [-0.25, -0.2) is 4.39 Å². The summed E-state index contributed by atoms with van der Waals surface area (Å²) >= 11 is 0. The number of fused-ring (bicyclic) bond motifs is 1. The highest BCUT2D eigenvalue weighted by atomic mass is 19.4. The number of H-pyrrole nitrogens is 1. The fourth-order valence-electron chi connectivity index (χ4n) is 3.30. The van der Waals surface area contributed by atoms with Crippen molar-refractivity contribution in [1.29, 1.82) is 0 Å². The SMILES string of the molecule is COc1ccc(C(=O)NCCc2c(C)[nH]c3c(F)cc(C(F)(F)F)cc23)cc1OC. The topological polar surface area (TPSA) is 63.3 Å². The number of hydrogen-bond donors (Lipinski definition) is 2. The molecule has 0 unspecified atom stereocenters. The molecule has 0 aliphatic carbocycles. The van der Waals surface area contributed by atoms with Crippen molar-refractivity contribution in [3.63, 3.8) is 0 Å². The Morgan fingerprint density at radius 2 is 1.80 bits per heavy atom. The smallest absolute Gasteiger partial charge is 0.416 e. The summed E-state index contributed by atoms with van der Waals surface area (Å²) in [5.41, 5.74) is 0.365. The molecule has 0 atom stereocenters. The number of rotatable bonds is 6. The maximum atomic E-state index is 14.2. The number of alkyl halides is 3. The molecule has 0 fully saturated rings. The number of amides is 1. The third kappa shape index (κ3) is 4.19. The molecule has 0 bridgehead atoms. The van der Waals surface area contributed by atoms with Gasteiger partial charge in [0.2, 0.25) is 0 Å².